The Labute approximate surface area is 152 Å². The summed E-state index contributed by atoms with van der Waals surface area (Å²) in [6.07, 6.45) is 4.44. The number of carbonyl (C=O) groups excluding carboxylic acids is 1. The van der Waals surface area contributed by atoms with Crippen molar-refractivity contribution in [1.29, 1.82) is 0 Å². The lowest BCUT2D eigenvalue weighted by molar-refractivity contribution is 0.00126. The van der Waals surface area contributed by atoms with Gasteiger partial charge >= 0.3 is 6.09 Å². The van der Waals surface area contributed by atoms with Gasteiger partial charge in [0.15, 0.2) is 0 Å². The first-order chi connectivity index (χ1) is 11.6. The van der Waals surface area contributed by atoms with E-state index in [1.54, 1.807) is 6.26 Å². The standard InChI is InChI=1S/C20H34N2O3/c1-15(9-10-16-8-7-13-24-16)21-17-11-12-22(14-20(17,5)6)18(23)25-19(2,3)4/h7-8,13,15,17,21H,9-12,14H2,1-6H3. The zero-order valence-electron chi connectivity index (χ0n) is 16.6. The molecule has 1 aliphatic rings. The second kappa shape index (κ2) is 7.81. The molecule has 0 aliphatic carbocycles. The van der Waals surface area contributed by atoms with Crippen LogP contribution in [0.4, 0.5) is 4.79 Å². The molecule has 25 heavy (non-hydrogen) atoms. The molecule has 0 radical (unpaired) electrons. The number of hydrogen-bond donors (Lipinski definition) is 1. The van der Waals surface area contributed by atoms with E-state index in [4.69, 9.17) is 9.15 Å². The van der Waals surface area contributed by atoms with Crippen LogP contribution >= 0.6 is 0 Å². The van der Waals surface area contributed by atoms with Gasteiger partial charge in [0.25, 0.3) is 0 Å². The molecule has 0 aromatic carbocycles. The summed E-state index contributed by atoms with van der Waals surface area (Å²) in [5, 5.41) is 3.76. The summed E-state index contributed by atoms with van der Waals surface area (Å²) in [5.74, 6) is 1.03. The van der Waals surface area contributed by atoms with Crippen molar-refractivity contribution in [3.8, 4) is 0 Å². The van der Waals surface area contributed by atoms with E-state index in [0.717, 1.165) is 31.6 Å². The van der Waals surface area contributed by atoms with Crippen molar-refractivity contribution >= 4 is 6.09 Å². The summed E-state index contributed by atoms with van der Waals surface area (Å²) in [6.45, 7) is 13.8. The molecule has 1 fully saturated rings. The summed E-state index contributed by atoms with van der Waals surface area (Å²) >= 11 is 0. The SMILES string of the molecule is CC(CCc1ccco1)NC1CCN(C(=O)OC(C)(C)C)CC1(C)C. The predicted octanol–water partition coefficient (Wildman–Crippen LogP) is 4.23. The number of nitrogens with one attached hydrogen (secondary N) is 1. The van der Waals surface area contributed by atoms with Crippen LogP contribution in [0.15, 0.2) is 22.8 Å². The third-order valence-corrected chi connectivity index (χ3v) is 4.77. The van der Waals surface area contributed by atoms with Crippen LogP contribution in [0.5, 0.6) is 0 Å². The lowest BCUT2D eigenvalue weighted by Gasteiger charge is -2.45. The van der Waals surface area contributed by atoms with Gasteiger partial charge in [0.05, 0.1) is 6.26 Å². The first kappa shape index (κ1) is 19.8. The van der Waals surface area contributed by atoms with Crippen LogP contribution in [0.25, 0.3) is 0 Å². The molecule has 2 heterocycles. The molecule has 1 aromatic rings. The number of amides is 1. The average Bonchev–Trinajstić information content (AvgIpc) is 2.98. The van der Waals surface area contributed by atoms with Gasteiger partial charge in [0.2, 0.25) is 0 Å². The minimum Gasteiger partial charge on any atom is -0.469 e. The van der Waals surface area contributed by atoms with Gasteiger partial charge in [0, 0.05) is 31.6 Å². The van der Waals surface area contributed by atoms with Gasteiger partial charge in [-0.3, -0.25) is 0 Å². The van der Waals surface area contributed by atoms with E-state index in [-0.39, 0.29) is 11.5 Å². The molecule has 2 unspecified atom stereocenters. The van der Waals surface area contributed by atoms with Crippen molar-refractivity contribution in [2.75, 3.05) is 13.1 Å². The zero-order valence-corrected chi connectivity index (χ0v) is 16.6. The summed E-state index contributed by atoms with van der Waals surface area (Å²) in [7, 11) is 0. The molecule has 0 saturated carbocycles. The Morgan fingerprint density at radius 1 is 1.48 bits per heavy atom. The lowest BCUT2D eigenvalue weighted by Crippen LogP contribution is -2.57. The van der Waals surface area contributed by atoms with E-state index in [0.29, 0.717) is 18.6 Å². The van der Waals surface area contributed by atoms with E-state index >= 15 is 0 Å². The first-order valence-corrected chi connectivity index (χ1v) is 9.33. The van der Waals surface area contributed by atoms with Crippen molar-refractivity contribution < 1.29 is 13.9 Å². The number of aryl methyl sites for hydroxylation is 1. The maximum absolute atomic E-state index is 12.3. The fourth-order valence-electron chi connectivity index (χ4n) is 3.39. The van der Waals surface area contributed by atoms with Crippen LogP contribution in [-0.2, 0) is 11.2 Å². The topological polar surface area (TPSA) is 54.7 Å². The van der Waals surface area contributed by atoms with Crippen molar-refractivity contribution in [3.63, 3.8) is 0 Å². The summed E-state index contributed by atoms with van der Waals surface area (Å²) in [6, 6.07) is 4.75. The van der Waals surface area contributed by atoms with Crippen LogP contribution in [0, 0.1) is 5.41 Å². The highest BCUT2D eigenvalue weighted by Gasteiger charge is 2.39. The summed E-state index contributed by atoms with van der Waals surface area (Å²) in [4.78, 5) is 14.2. The lowest BCUT2D eigenvalue weighted by atomic mass is 9.78. The monoisotopic (exact) mass is 350 g/mol. The number of carbonyl (C=O) groups is 1. The van der Waals surface area contributed by atoms with E-state index < -0.39 is 5.60 Å². The van der Waals surface area contributed by atoms with E-state index in [2.05, 4.69) is 26.1 Å². The average molecular weight is 351 g/mol. The van der Waals surface area contributed by atoms with Crippen LogP contribution in [0.1, 0.15) is 60.1 Å². The summed E-state index contributed by atoms with van der Waals surface area (Å²) in [5.41, 5.74) is -0.440. The molecule has 1 N–H and O–H groups in total. The molecular weight excluding hydrogens is 316 g/mol. The second-order valence-corrected chi connectivity index (χ2v) is 8.92. The number of piperidine rings is 1. The predicted molar refractivity (Wildman–Crippen MR) is 99.6 cm³/mol. The van der Waals surface area contributed by atoms with Gasteiger partial charge in [-0.1, -0.05) is 13.8 Å². The van der Waals surface area contributed by atoms with Crippen molar-refractivity contribution in [1.82, 2.24) is 10.2 Å². The van der Waals surface area contributed by atoms with Gasteiger partial charge in [-0.05, 0) is 58.1 Å². The third kappa shape index (κ3) is 6.07. The molecule has 1 amide bonds. The zero-order chi connectivity index (χ0) is 18.7. The third-order valence-electron chi connectivity index (χ3n) is 4.77. The second-order valence-electron chi connectivity index (χ2n) is 8.92. The molecule has 2 atom stereocenters. The fraction of sp³-hybridized carbons (Fsp3) is 0.750. The normalized spacial score (nSPS) is 21.8. The Morgan fingerprint density at radius 2 is 2.20 bits per heavy atom. The largest absolute Gasteiger partial charge is 0.469 e. The van der Waals surface area contributed by atoms with Crippen molar-refractivity contribution in [2.24, 2.45) is 5.41 Å². The smallest absolute Gasteiger partial charge is 0.410 e. The van der Waals surface area contributed by atoms with Crippen LogP contribution in [0.2, 0.25) is 0 Å². The molecule has 1 aromatic heterocycles. The van der Waals surface area contributed by atoms with E-state index in [9.17, 15) is 4.79 Å². The van der Waals surface area contributed by atoms with Gasteiger partial charge in [-0.15, -0.1) is 0 Å². The summed E-state index contributed by atoms with van der Waals surface area (Å²) < 4.78 is 10.9. The number of rotatable bonds is 5. The van der Waals surface area contributed by atoms with E-state index in [1.807, 2.05) is 37.8 Å². The Kier molecular flexibility index (Phi) is 6.20. The molecule has 2 rings (SSSR count). The number of furan rings is 1. The maximum Gasteiger partial charge on any atom is 0.410 e. The molecular formula is C20H34N2O3. The maximum atomic E-state index is 12.3. The van der Waals surface area contributed by atoms with Crippen LogP contribution in [0.3, 0.4) is 0 Å². The molecule has 5 heteroatoms. The molecule has 1 aliphatic heterocycles. The van der Waals surface area contributed by atoms with Gasteiger partial charge in [-0.2, -0.15) is 0 Å². The van der Waals surface area contributed by atoms with Gasteiger partial charge in [-0.25, -0.2) is 4.79 Å². The molecule has 5 nitrogen and oxygen atoms in total. The molecule has 1 saturated heterocycles. The quantitative estimate of drug-likeness (QED) is 0.863. The van der Waals surface area contributed by atoms with Crippen molar-refractivity contribution in [3.05, 3.63) is 24.2 Å². The number of nitrogens with zero attached hydrogens (tertiary/aromatic N) is 1. The Balaban J connectivity index is 1.84. The molecule has 142 valence electrons. The van der Waals surface area contributed by atoms with E-state index in [1.165, 1.54) is 0 Å². The van der Waals surface area contributed by atoms with Gasteiger partial charge < -0.3 is 19.4 Å². The highest BCUT2D eigenvalue weighted by molar-refractivity contribution is 5.68. The fourth-order valence-corrected chi connectivity index (χ4v) is 3.39. The number of hydrogen-bond acceptors (Lipinski definition) is 4. The van der Waals surface area contributed by atoms with Gasteiger partial charge in [0.1, 0.15) is 11.4 Å². The highest BCUT2D eigenvalue weighted by Crippen LogP contribution is 2.30. The Morgan fingerprint density at radius 3 is 2.76 bits per heavy atom. The van der Waals surface area contributed by atoms with Crippen molar-refractivity contribution in [2.45, 2.75) is 78.5 Å². The highest BCUT2D eigenvalue weighted by atomic mass is 16.6. The molecule has 0 spiro atoms. The first-order valence-electron chi connectivity index (χ1n) is 9.33. The molecule has 0 bridgehead atoms. The number of likely N-dealkylation sites (tertiary alicyclic amines) is 1. The van der Waals surface area contributed by atoms with Crippen LogP contribution in [-0.4, -0.2) is 41.8 Å². The minimum absolute atomic E-state index is 0.00803. The minimum atomic E-state index is -0.448. The van der Waals surface area contributed by atoms with Crippen LogP contribution < -0.4 is 5.32 Å². The Bertz CT molecular complexity index is 546. The Hall–Kier alpha value is -1.49. The number of ether oxygens (including phenoxy) is 1.